The molecule has 0 aromatic heterocycles. The van der Waals surface area contributed by atoms with Crippen molar-refractivity contribution in [2.45, 2.75) is 0 Å². The van der Waals surface area contributed by atoms with Crippen molar-refractivity contribution in [2.75, 3.05) is 81.8 Å². The molecular formula is C14H30O6. The zero-order valence-corrected chi connectivity index (χ0v) is 13.5. The van der Waals surface area contributed by atoms with E-state index in [1.165, 1.54) is 0 Å². The molecule has 0 aliphatic carbocycles. The molecule has 0 amide bonds. The SMILES string of the molecule is COCC(COC)COCC(COC)(COC)COC. The molecule has 122 valence electrons. The fourth-order valence-corrected chi connectivity index (χ4v) is 2.23. The molecule has 0 spiro atoms. The van der Waals surface area contributed by atoms with E-state index in [4.69, 9.17) is 28.4 Å². The quantitative estimate of drug-likeness (QED) is 0.473. The normalized spacial score (nSPS) is 12.3. The monoisotopic (exact) mass is 294 g/mol. The van der Waals surface area contributed by atoms with Crippen molar-refractivity contribution in [3.05, 3.63) is 0 Å². The molecule has 0 unspecified atom stereocenters. The smallest absolute Gasteiger partial charge is 0.0637 e. The van der Waals surface area contributed by atoms with Crippen molar-refractivity contribution in [3.8, 4) is 0 Å². The third-order valence-corrected chi connectivity index (χ3v) is 2.92. The number of hydrogen-bond acceptors (Lipinski definition) is 6. The van der Waals surface area contributed by atoms with Crippen LogP contribution in [0.2, 0.25) is 0 Å². The summed E-state index contributed by atoms with van der Waals surface area (Å²) in [4.78, 5) is 0. The zero-order chi connectivity index (χ0) is 15.3. The van der Waals surface area contributed by atoms with E-state index in [0.717, 1.165) is 0 Å². The summed E-state index contributed by atoms with van der Waals surface area (Å²) in [5, 5.41) is 0. The van der Waals surface area contributed by atoms with Gasteiger partial charge in [-0.05, 0) is 0 Å². The second-order valence-electron chi connectivity index (χ2n) is 5.09. The summed E-state index contributed by atoms with van der Waals surface area (Å²) in [6.45, 7) is 3.86. The van der Waals surface area contributed by atoms with E-state index in [0.29, 0.717) is 46.2 Å². The van der Waals surface area contributed by atoms with Crippen LogP contribution in [0, 0.1) is 11.3 Å². The van der Waals surface area contributed by atoms with Crippen molar-refractivity contribution in [3.63, 3.8) is 0 Å². The van der Waals surface area contributed by atoms with Gasteiger partial charge in [0.2, 0.25) is 0 Å². The lowest BCUT2D eigenvalue weighted by Crippen LogP contribution is -2.41. The van der Waals surface area contributed by atoms with Crippen LogP contribution in [0.1, 0.15) is 0 Å². The van der Waals surface area contributed by atoms with E-state index in [1.54, 1.807) is 35.5 Å². The lowest BCUT2D eigenvalue weighted by atomic mass is 9.92. The second-order valence-corrected chi connectivity index (χ2v) is 5.09. The van der Waals surface area contributed by atoms with Crippen LogP contribution in [-0.4, -0.2) is 81.8 Å². The topological polar surface area (TPSA) is 55.4 Å². The van der Waals surface area contributed by atoms with Crippen LogP contribution in [0.5, 0.6) is 0 Å². The maximum absolute atomic E-state index is 5.82. The van der Waals surface area contributed by atoms with Crippen molar-refractivity contribution in [1.29, 1.82) is 0 Å². The van der Waals surface area contributed by atoms with Crippen LogP contribution in [0.3, 0.4) is 0 Å². The van der Waals surface area contributed by atoms with E-state index in [9.17, 15) is 0 Å². The molecule has 0 heterocycles. The molecule has 20 heavy (non-hydrogen) atoms. The molecule has 0 rings (SSSR count). The van der Waals surface area contributed by atoms with E-state index >= 15 is 0 Å². The Morgan fingerprint density at radius 2 is 1.05 bits per heavy atom. The minimum atomic E-state index is -0.289. The number of ether oxygens (including phenoxy) is 6. The van der Waals surface area contributed by atoms with Gasteiger partial charge in [-0.2, -0.15) is 0 Å². The Balaban J connectivity index is 4.34. The number of hydrogen-bond donors (Lipinski definition) is 0. The first-order valence-corrected chi connectivity index (χ1v) is 6.70. The molecule has 0 N–H and O–H groups in total. The Morgan fingerprint density at radius 1 is 0.600 bits per heavy atom. The number of methoxy groups -OCH3 is 5. The molecule has 6 nitrogen and oxygen atoms in total. The van der Waals surface area contributed by atoms with Gasteiger partial charge in [-0.3, -0.25) is 0 Å². The Hall–Kier alpha value is -0.240. The maximum Gasteiger partial charge on any atom is 0.0637 e. The fourth-order valence-electron chi connectivity index (χ4n) is 2.23. The lowest BCUT2D eigenvalue weighted by molar-refractivity contribution is -0.0945. The van der Waals surface area contributed by atoms with Gasteiger partial charge < -0.3 is 28.4 Å². The van der Waals surface area contributed by atoms with E-state index in [1.807, 2.05) is 0 Å². The highest BCUT2D eigenvalue weighted by Gasteiger charge is 2.31. The largest absolute Gasteiger partial charge is 0.384 e. The van der Waals surface area contributed by atoms with Gasteiger partial charge in [0, 0.05) is 41.5 Å². The van der Waals surface area contributed by atoms with Gasteiger partial charge in [0.15, 0.2) is 0 Å². The minimum Gasteiger partial charge on any atom is -0.384 e. The summed E-state index contributed by atoms with van der Waals surface area (Å²) >= 11 is 0. The van der Waals surface area contributed by atoms with Crippen molar-refractivity contribution < 1.29 is 28.4 Å². The van der Waals surface area contributed by atoms with E-state index < -0.39 is 0 Å². The molecule has 0 saturated heterocycles. The summed E-state index contributed by atoms with van der Waals surface area (Å²) in [5.41, 5.74) is -0.289. The van der Waals surface area contributed by atoms with Crippen molar-refractivity contribution in [2.24, 2.45) is 11.3 Å². The third kappa shape index (κ3) is 8.14. The Bertz CT molecular complexity index is 189. The fraction of sp³-hybridized carbons (Fsp3) is 1.00. The molecule has 0 atom stereocenters. The van der Waals surface area contributed by atoms with Crippen LogP contribution in [-0.2, 0) is 28.4 Å². The molecule has 6 heteroatoms. The van der Waals surface area contributed by atoms with Crippen LogP contribution < -0.4 is 0 Å². The van der Waals surface area contributed by atoms with Gasteiger partial charge in [-0.1, -0.05) is 0 Å². The number of rotatable bonds is 14. The molecule has 0 fully saturated rings. The Kier molecular flexibility index (Phi) is 12.3. The average Bonchev–Trinajstić information content (AvgIpc) is 2.40. The predicted octanol–water partition coefficient (Wildman–Crippen LogP) is 0.838. The van der Waals surface area contributed by atoms with Gasteiger partial charge in [0.25, 0.3) is 0 Å². The molecule has 0 radical (unpaired) electrons. The van der Waals surface area contributed by atoms with Crippen LogP contribution >= 0.6 is 0 Å². The molecular weight excluding hydrogens is 264 g/mol. The minimum absolute atomic E-state index is 0.218. The van der Waals surface area contributed by atoms with Gasteiger partial charge in [-0.25, -0.2) is 0 Å². The van der Waals surface area contributed by atoms with Crippen molar-refractivity contribution >= 4 is 0 Å². The van der Waals surface area contributed by atoms with E-state index in [2.05, 4.69) is 0 Å². The van der Waals surface area contributed by atoms with E-state index in [-0.39, 0.29) is 11.3 Å². The first-order chi connectivity index (χ1) is 9.67. The summed E-state index contributed by atoms with van der Waals surface area (Å²) in [5.74, 6) is 0.218. The third-order valence-electron chi connectivity index (χ3n) is 2.92. The summed E-state index contributed by atoms with van der Waals surface area (Å²) in [7, 11) is 8.34. The highest BCUT2D eigenvalue weighted by atomic mass is 16.5. The molecule has 0 aromatic carbocycles. The first kappa shape index (κ1) is 19.8. The van der Waals surface area contributed by atoms with Crippen LogP contribution in [0.15, 0.2) is 0 Å². The van der Waals surface area contributed by atoms with Crippen LogP contribution in [0.25, 0.3) is 0 Å². The van der Waals surface area contributed by atoms with Crippen molar-refractivity contribution in [1.82, 2.24) is 0 Å². The van der Waals surface area contributed by atoms with Gasteiger partial charge in [0.1, 0.15) is 0 Å². The summed E-state index contributed by atoms with van der Waals surface area (Å²) in [6.07, 6.45) is 0. The van der Waals surface area contributed by atoms with Gasteiger partial charge in [0.05, 0.1) is 51.7 Å². The molecule has 0 saturated carbocycles. The Labute approximate surface area is 122 Å². The first-order valence-electron chi connectivity index (χ1n) is 6.70. The molecule has 0 aromatic rings. The van der Waals surface area contributed by atoms with Gasteiger partial charge >= 0.3 is 0 Å². The maximum atomic E-state index is 5.82. The standard InChI is InChI=1S/C14H30O6/c1-15-6-13(7-16-2)8-20-12-14(9-17-3,10-18-4)11-19-5/h13H,6-12H2,1-5H3. The second kappa shape index (κ2) is 12.5. The molecule has 0 aliphatic heterocycles. The van der Waals surface area contributed by atoms with Crippen LogP contribution in [0.4, 0.5) is 0 Å². The lowest BCUT2D eigenvalue weighted by Gasteiger charge is -2.32. The molecule has 0 bridgehead atoms. The Morgan fingerprint density at radius 3 is 1.40 bits per heavy atom. The zero-order valence-electron chi connectivity index (χ0n) is 13.5. The molecule has 0 aliphatic rings. The predicted molar refractivity (Wildman–Crippen MR) is 76.1 cm³/mol. The highest BCUT2D eigenvalue weighted by molar-refractivity contribution is 4.79. The average molecular weight is 294 g/mol. The van der Waals surface area contributed by atoms with Gasteiger partial charge in [-0.15, -0.1) is 0 Å². The highest BCUT2D eigenvalue weighted by Crippen LogP contribution is 2.20. The summed E-state index contributed by atoms with van der Waals surface area (Å²) in [6, 6.07) is 0. The summed E-state index contributed by atoms with van der Waals surface area (Å²) < 4.78 is 31.9.